The highest BCUT2D eigenvalue weighted by Gasteiger charge is 2.33. The van der Waals surface area contributed by atoms with Crippen molar-refractivity contribution in [3.8, 4) is 0 Å². The van der Waals surface area contributed by atoms with Gasteiger partial charge in [-0.2, -0.15) is 0 Å². The molecule has 1 heterocycles. The second-order valence-electron chi connectivity index (χ2n) is 3.54. The summed E-state index contributed by atoms with van der Waals surface area (Å²) in [6.45, 7) is 9.42. The molecule has 0 radical (unpaired) electrons. The maximum Gasteiger partial charge on any atom is 0.000821 e. The van der Waals surface area contributed by atoms with Crippen LogP contribution < -0.4 is 5.32 Å². The molecule has 0 aromatic rings. The average molecular weight is 127 g/mol. The van der Waals surface area contributed by atoms with E-state index in [4.69, 9.17) is 0 Å². The Balaban J connectivity index is 2.56. The molecule has 1 aliphatic heterocycles. The van der Waals surface area contributed by atoms with E-state index in [2.05, 4.69) is 26.1 Å². The van der Waals surface area contributed by atoms with Gasteiger partial charge in [0.1, 0.15) is 0 Å². The molecule has 1 aliphatic rings. The number of hydrogen-bond acceptors (Lipinski definition) is 1. The van der Waals surface area contributed by atoms with Crippen molar-refractivity contribution >= 4 is 0 Å². The molecule has 0 saturated carbocycles. The minimum absolute atomic E-state index is 0.583. The summed E-state index contributed by atoms with van der Waals surface area (Å²) in [6, 6.07) is 0. The molecule has 1 heteroatoms. The first-order valence-corrected chi connectivity index (χ1v) is 3.90. The van der Waals surface area contributed by atoms with Gasteiger partial charge in [0.05, 0.1) is 0 Å². The molecule has 0 aliphatic carbocycles. The zero-order valence-electron chi connectivity index (χ0n) is 6.70. The van der Waals surface area contributed by atoms with Crippen LogP contribution in [-0.4, -0.2) is 13.1 Å². The molecular formula is C8H17N. The first-order chi connectivity index (χ1) is 4.19. The van der Waals surface area contributed by atoms with Crippen LogP contribution in [0, 0.1) is 11.3 Å². The molecule has 0 amide bonds. The van der Waals surface area contributed by atoms with Gasteiger partial charge in [-0.25, -0.2) is 0 Å². The van der Waals surface area contributed by atoms with E-state index >= 15 is 0 Å². The van der Waals surface area contributed by atoms with Gasteiger partial charge in [-0.3, -0.25) is 0 Å². The van der Waals surface area contributed by atoms with E-state index < -0.39 is 0 Å². The third-order valence-corrected chi connectivity index (χ3v) is 2.98. The van der Waals surface area contributed by atoms with Gasteiger partial charge in [0.15, 0.2) is 0 Å². The molecule has 0 bridgehead atoms. The van der Waals surface area contributed by atoms with Gasteiger partial charge in [0.2, 0.25) is 0 Å². The second kappa shape index (κ2) is 2.30. The standard InChI is InChI=1S/C8H17N/c1-4-8(3)6-9-5-7(8)2/h7,9H,4-6H2,1-3H3. The Hall–Kier alpha value is -0.0400. The van der Waals surface area contributed by atoms with Gasteiger partial charge in [-0.05, 0) is 24.3 Å². The molecule has 2 atom stereocenters. The van der Waals surface area contributed by atoms with Crippen LogP contribution in [0.2, 0.25) is 0 Å². The van der Waals surface area contributed by atoms with Crippen LogP contribution in [0.25, 0.3) is 0 Å². The third-order valence-electron chi connectivity index (χ3n) is 2.98. The van der Waals surface area contributed by atoms with Crippen molar-refractivity contribution < 1.29 is 0 Å². The lowest BCUT2D eigenvalue weighted by Crippen LogP contribution is -2.23. The highest BCUT2D eigenvalue weighted by Crippen LogP contribution is 2.33. The zero-order valence-corrected chi connectivity index (χ0v) is 6.70. The SMILES string of the molecule is CCC1(C)CNCC1C. The normalized spacial score (nSPS) is 43.7. The fourth-order valence-electron chi connectivity index (χ4n) is 1.47. The monoisotopic (exact) mass is 127 g/mol. The van der Waals surface area contributed by atoms with Gasteiger partial charge in [-0.15, -0.1) is 0 Å². The Kier molecular flexibility index (Phi) is 1.80. The van der Waals surface area contributed by atoms with E-state index in [1.165, 1.54) is 19.5 Å². The zero-order chi connectivity index (χ0) is 6.91. The van der Waals surface area contributed by atoms with Crippen LogP contribution in [0.3, 0.4) is 0 Å². The number of hydrogen-bond donors (Lipinski definition) is 1. The Morgan fingerprint density at radius 2 is 2.33 bits per heavy atom. The van der Waals surface area contributed by atoms with E-state index in [1.54, 1.807) is 0 Å². The molecule has 1 fully saturated rings. The third kappa shape index (κ3) is 1.11. The minimum Gasteiger partial charge on any atom is -0.316 e. The van der Waals surface area contributed by atoms with Crippen LogP contribution in [0.15, 0.2) is 0 Å². The van der Waals surface area contributed by atoms with Crippen molar-refractivity contribution in [3.05, 3.63) is 0 Å². The van der Waals surface area contributed by atoms with Crippen molar-refractivity contribution in [2.75, 3.05) is 13.1 Å². The highest BCUT2D eigenvalue weighted by molar-refractivity contribution is 4.87. The summed E-state index contributed by atoms with van der Waals surface area (Å²) < 4.78 is 0. The van der Waals surface area contributed by atoms with E-state index in [0.717, 1.165) is 5.92 Å². The van der Waals surface area contributed by atoms with E-state index in [0.29, 0.717) is 5.41 Å². The molecule has 0 aromatic heterocycles. The maximum atomic E-state index is 3.41. The molecule has 54 valence electrons. The predicted octanol–water partition coefficient (Wildman–Crippen LogP) is 1.64. The predicted molar refractivity (Wildman–Crippen MR) is 40.4 cm³/mol. The van der Waals surface area contributed by atoms with Crippen molar-refractivity contribution in [3.63, 3.8) is 0 Å². The molecule has 0 spiro atoms. The summed E-state index contributed by atoms with van der Waals surface area (Å²) in [7, 11) is 0. The lowest BCUT2D eigenvalue weighted by atomic mass is 9.79. The molecule has 1 saturated heterocycles. The fourth-order valence-corrected chi connectivity index (χ4v) is 1.47. The van der Waals surface area contributed by atoms with Gasteiger partial charge < -0.3 is 5.32 Å². The summed E-state index contributed by atoms with van der Waals surface area (Å²) >= 11 is 0. The average Bonchev–Trinajstić information content (AvgIpc) is 2.15. The van der Waals surface area contributed by atoms with Crippen LogP contribution in [0.4, 0.5) is 0 Å². The summed E-state index contributed by atoms with van der Waals surface area (Å²) in [4.78, 5) is 0. The van der Waals surface area contributed by atoms with Crippen LogP contribution in [0.1, 0.15) is 27.2 Å². The quantitative estimate of drug-likeness (QED) is 0.564. The highest BCUT2D eigenvalue weighted by atomic mass is 14.9. The second-order valence-corrected chi connectivity index (χ2v) is 3.54. The van der Waals surface area contributed by atoms with Crippen molar-refractivity contribution in [2.24, 2.45) is 11.3 Å². The van der Waals surface area contributed by atoms with Gasteiger partial charge in [-0.1, -0.05) is 20.8 Å². The Bertz CT molecular complexity index is 101. The molecule has 1 rings (SSSR count). The first-order valence-electron chi connectivity index (χ1n) is 3.90. The largest absolute Gasteiger partial charge is 0.316 e. The molecule has 1 nitrogen and oxygen atoms in total. The van der Waals surface area contributed by atoms with Crippen LogP contribution in [0.5, 0.6) is 0 Å². The molecule has 9 heavy (non-hydrogen) atoms. The van der Waals surface area contributed by atoms with Crippen molar-refractivity contribution in [1.82, 2.24) is 5.32 Å². The Morgan fingerprint density at radius 1 is 1.67 bits per heavy atom. The minimum atomic E-state index is 0.583. The lowest BCUT2D eigenvalue weighted by molar-refractivity contribution is 0.264. The summed E-state index contributed by atoms with van der Waals surface area (Å²) in [5, 5.41) is 3.41. The number of rotatable bonds is 1. The van der Waals surface area contributed by atoms with Crippen molar-refractivity contribution in [2.45, 2.75) is 27.2 Å². The van der Waals surface area contributed by atoms with E-state index in [1.807, 2.05) is 0 Å². The van der Waals surface area contributed by atoms with E-state index in [9.17, 15) is 0 Å². The van der Waals surface area contributed by atoms with Crippen molar-refractivity contribution in [1.29, 1.82) is 0 Å². The molecule has 1 N–H and O–H groups in total. The lowest BCUT2D eigenvalue weighted by Gasteiger charge is -2.25. The topological polar surface area (TPSA) is 12.0 Å². The van der Waals surface area contributed by atoms with Gasteiger partial charge in [0.25, 0.3) is 0 Å². The summed E-state index contributed by atoms with van der Waals surface area (Å²) in [5.41, 5.74) is 0.583. The summed E-state index contributed by atoms with van der Waals surface area (Å²) in [6.07, 6.45) is 1.31. The van der Waals surface area contributed by atoms with Crippen LogP contribution in [-0.2, 0) is 0 Å². The molecule has 2 unspecified atom stereocenters. The Morgan fingerprint density at radius 3 is 2.56 bits per heavy atom. The smallest absolute Gasteiger partial charge is 0.000821 e. The molecular weight excluding hydrogens is 110 g/mol. The fraction of sp³-hybridized carbons (Fsp3) is 1.00. The summed E-state index contributed by atoms with van der Waals surface area (Å²) in [5.74, 6) is 0.863. The maximum absolute atomic E-state index is 3.41. The van der Waals surface area contributed by atoms with Crippen LogP contribution >= 0.6 is 0 Å². The first kappa shape index (κ1) is 7.07. The van der Waals surface area contributed by atoms with Gasteiger partial charge in [0, 0.05) is 6.54 Å². The van der Waals surface area contributed by atoms with Gasteiger partial charge >= 0.3 is 0 Å². The number of nitrogens with one attached hydrogen (secondary N) is 1. The van der Waals surface area contributed by atoms with E-state index in [-0.39, 0.29) is 0 Å². The Labute approximate surface area is 57.8 Å². The molecule has 0 aromatic carbocycles.